The highest BCUT2D eigenvalue weighted by molar-refractivity contribution is 7.98. The number of unbranched alkanes of at least 4 members (excludes halogenated alkanes) is 2. The zero-order chi connectivity index (χ0) is 61.2. The number of aliphatic hydroxyl groups excluding tert-OH is 2. The Hall–Kier alpha value is -7.15. The van der Waals surface area contributed by atoms with Crippen molar-refractivity contribution in [2.45, 2.75) is 165 Å². The third kappa shape index (κ3) is 28.2. The van der Waals surface area contributed by atoms with Crippen molar-refractivity contribution in [1.82, 2.24) is 47.9 Å². The third-order valence-electron chi connectivity index (χ3n) is 12.7. The second-order valence-corrected chi connectivity index (χ2v) is 20.4. The molecule has 10 amide bonds. The Morgan fingerprint density at radius 2 is 1.01 bits per heavy atom. The fourth-order valence-electron chi connectivity index (χ4n) is 7.92. The van der Waals surface area contributed by atoms with Gasteiger partial charge in [-0.3, -0.25) is 57.7 Å². The normalized spacial score (nSPS) is 15.1. The number of nitrogens with two attached hydrogens (primary N) is 5. The number of hydrogen-bond acceptors (Lipinski definition) is 17. The number of carbonyl (C=O) groups is 11. The van der Waals surface area contributed by atoms with Crippen LogP contribution in [0.2, 0.25) is 0 Å². The number of benzene rings is 1. The van der Waals surface area contributed by atoms with Gasteiger partial charge >= 0.3 is 5.97 Å². The Balaban J connectivity index is 3.59. The Morgan fingerprint density at radius 1 is 0.568 bits per heavy atom. The van der Waals surface area contributed by atoms with E-state index in [0.29, 0.717) is 37.0 Å². The van der Waals surface area contributed by atoms with E-state index >= 15 is 0 Å². The number of nitrogens with zero attached hydrogens (tertiary/aromatic N) is 1. The first kappa shape index (κ1) is 71.9. The highest BCUT2D eigenvalue weighted by Crippen LogP contribution is 2.13. The van der Waals surface area contributed by atoms with E-state index in [4.69, 9.17) is 28.7 Å². The summed E-state index contributed by atoms with van der Waals surface area (Å²) in [6, 6.07) is -4.97. The van der Waals surface area contributed by atoms with Crippen molar-refractivity contribution in [3.8, 4) is 0 Å². The largest absolute Gasteiger partial charge is 0.481 e. The average molecular weight is 1170 g/mol. The second-order valence-electron chi connectivity index (χ2n) is 19.4. The minimum absolute atomic E-state index is 0.0148. The van der Waals surface area contributed by atoms with Crippen LogP contribution in [0, 0.1) is 5.92 Å². The Kier molecular flexibility index (Phi) is 34.8. The molecule has 29 nitrogen and oxygen atoms in total. The van der Waals surface area contributed by atoms with Crippen LogP contribution < -0.4 is 76.5 Å². The quantitative estimate of drug-likeness (QED) is 0.0166. The minimum Gasteiger partial charge on any atom is -0.481 e. The molecule has 0 unspecified atom stereocenters. The van der Waals surface area contributed by atoms with Gasteiger partial charge in [0.2, 0.25) is 59.1 Å². The fourth-order valence-corrected chi connectivity index (χ4v) is 8.39. The van der Waals surface area contributed by atoms with Gasteiger partial charge in [0, 0.05) is 19.9 Å². The van der Waals surface area contributed by atoms with Crippen LogP contribution in [0.3, 0.4) is 0 Å². The number of rotatable bonds is 41. The highest BCUT2D eigenvalue weighted by atomic mass is 32.2. The number of guanidine groups is 1. The summed E-state index contributed by atoms with van der Waals surface area (Å²) < 4.78 is 0. The van der Waals surface area contributed by atoms with Crippen molar-refractivity contribution < 1.29 is 68.1 Å². The van der Waals surface area contributed by atoms with Crippen molar-refractivity contribution in [3.63, 3.8) is 0 Å². The van der Waals surface area contributed by atoms with E-state index < -0.39 is 139 Å². The summed E-state index contributed by atoms with van der Waals surface area (Å²) in [7, 11) is 0. The Morgan fingerprint density at radius 3 is 1.51 bits per heavy atom. The molecule has 0 saturated carbocycles. The molecule has 0 bridgehead atoms. The zero-order valence-electron chi connectivity index (χ0n) is 46.8. The van der Waals surface area contributed by atoms with Gasteiger partial charge in [-0.25, -0.2) is 0 Å². The van der Waals surface area contributed by atoms with Crippen molar-refractivity contribution in [1.29, 1.82) is 0 Å². The van der Waals surface area contributed by atoms with Crippen LogP contribution in [0.25, 0.3) is 0 Å². The number of carboxylic acid groups (broad SMARTS) is 1. The van der Waals surface area contributed by atoms with Crippen LogP contribution in [0.15, 0.2) is 35.3 Å². The van der Waals surface area contributed by atoms with Crippen LogP contribution in [0.4, 0.5) is 0 Å². The number of primary amides is 1. The van der Waals surface area contributed by atoms with Crippen molar-refractivity contribution in [2.75, 3.05) is 38.2 Å². The van der Waals surface area contributed by atoms with E-state index in [-0.39, 0.29) is 76.5 Å². The van der Waals surface area contributed by atoms with Crippen LogP contribution in [0.1, 0.15) is 104 Å². The van der Waals surface area contributed by atoms with Gasteiger partial charge in [-0.15, -0.1) is 0 Å². The van der Waals surface area contributed by atoms with Gasteiger partial charge in [-0.2, -0.15) is 11.8 Å². The van der Waals surface area contributed by atoms with E-state index in [9.17, 15) is 68.1 Å². The van der Waals surface area contributed by atoms with Gasteiger partial charge in [0.05, 0.1) is 19.1 Å². The van der Waals surface area contributed by atoms with Crippen LogP contribution in [0.5, 0.6) is 0 Å². The highest BCUT2D eigenvalue weighted by Gasteiger charge is 2.37. The second kappa shape index (κ2) is 39.3. The summed E-state index contributed by atoms with van der Waals surface area (Å²) in [5.41, 5.74) is 28.2. The van der Waals surface area contributed by atoms with Gasteiger partial charge in [-0.1, -0.05) is 50.6 Å². The number of aliphatic carboxylic acids is 1. The predicted octanol–water partition coefficient (Wildman–Crippen LogP) is -4.94. The first-order valence-electron chi connectivity index (χ1n) is 26.8. The average Bonchev–Trinajstić information content (AvgIpc) is 3.43. The molecule has 1 aromatic rings. The first-order valence-corrected chi connectivity index (χ1v) is 28.2. The van der Waals surface area contributed by atoms with Crippen molar-refractivity contribution in [2.24, 2.45) is 39.6 Å². The molecule has 0 spiro atoms. The number of aliphatic hydroxyl groups is 2. The number of amides is 10. The molecule has 81 heavy (non-hydrogen) atoms. The Bertz CT molecular complexity index is 2240. The molecule has 0 fully saturated rings. The lowest BCUT2D eigenvalue weighted by Crippen LogP contribution is -2.62. The molecule has 456 valence electrons. The van der Waals surface area contributed by atoms with Crippen LogP contribution in [-0.4, -0.2) is 185 Å². The smallest absolute Gasteiger partial charge is 0.305 e. The molecule has 0 heterocycles. The molecule has 0 aliphatic heterocycles. The Labute approximate surface area is 476 Å². The molecule has 0 aliphatic rings. The maximum absolute atomic E-state index is 14.4. The molecule has 0 aliphatic carbocycles. The molecular formula is C51H87N15O14S. The number of thioether (sulfide) groups is 1. The van der Waals surface area contributed by atoms with E-state index in [2.05, 4.69) is 52.8 Å². The number of nitrogens with one attached hydrogen (secondary N) is 9. The van der Waals surface area contributed by atoms with E-state index in [1.807, 2.05) is 6.92 Å². The van der Waals surface area contributed by atoms with E-state index in [1.165, 1.54) is 18.7 Å². The van der Waals surface area contributed by atoms with Crippen LogP contribution >= 0.6 is 11.8 Å². The number of carboxylic acids is 1. The fraction of sp³-hybridized carbons (Fsp3) is 0.647. The van der Waals surface area contributed by atoms with Gasteiger partial charge in [-0.05, 0) is 101 Å². The number of hydrogen-bond donors (Lipinski definition) is 17. The summed E-state index contributed by atoms with van der Waals surface area (Å²) in [6.45, 7) is 5.41. The number of carbonyl (C=O) groups excluding carboxylic acids is 10. The maximum Gasteiger partial charge on any atom is 0.305 e. The molecule has 0 radical (unpaired) electrons. The third-order valence-corrected chi connectivity index (χ3v) is 13.3. The molecule has 22 N–H and O–H groups in total. The number of aliphatic imine (C=N–C) groups is 1. The van der Waals surface area contributed by atoms with Gasteiger partial charge in [0.1, 0.15) is 54.4 Å². The monoisotopic (exact) mass is 1170 g/mol. The molecule has 1 aromatic carbocycles. The van der Waals surface area contributed by atoms with Crippen molar-refractivity contribution >= 4 is 82.8 Å². The van der Waals surface area contributed by atoms with Crippen molar-refractivity contribution in [3.05, 3.63) is 35.9 Å². The van der Waals surface area contributed by atoms with Gasteiger partial charge < -0.3 is 91.8 Å². The predicted molar refractivity (Wildman–Crippen MR) is 302 cm³/mol. The topological polar surface area (TPSA) is 499 Å². The van der Waals surface area contributed by atoms with E-state index in [0.717, 1.165) is 6.92 Å². The molecule has 1 rings (SSSR count). The standard InChI is InChI=1S/C51H87N15O14S/c1-6-28(2)40(58-30(4)69)49(79)62-35(20-24-81-5)44(74)65-38(27-67)48(78)63-36(25-31-15-8-7-9-16-31)46(76)60-33(18-11-13-22-53)45(75)66-41(29(3)68)50(80)61-34(19-14-23-57-51(55)56)43(73)64-37(26-39(70)71)47(77)59-32(42(54)72)17-10-12-21-52/h7-9,15-16,28-29,32-38,40-41,67-68H,6,10-14,17-27,52-53H2,1-5H3,(H2,54,72)(H,58,69)(H,59,77)(H,60,76)(H,61,80)(H,62,79)(H,63,78)(H,64,73)(H,65,74)(H,66,75)(H,70,71)(H4,55,56,57)/t28-,29+,32-,33-,34-,35-,36-,37-,38-,40-,41-/m0/s1. The lowest BCUT2D eigenvalue weighted by molar-refractivity contribution is -0.141. The minimum atomic E-state index is -1.84. The van der Waals surface area contributed by atoms with Crippen LogP contribution in [-0.2, 0) is 59.2 Å². The summed E-state index contributed by atoms with van der Waals surface area (Å²) >= 11 is 1.38. The summed E-state index contributed by atoms with van der Waals surface area (Å²) in [4.78, 5) is 151. The van der Waals surface area contributed by atoms with Gasteiger partial charge in [0.25, 0.3) is 0 Å². The first-order chi connectivity index (χ1) is 38.3. The maximum atomic E-state index is 14.4. The summed E-state index contributed by atoms with van der Waals surface area (Å²) in [6.07, 6.45) is 0.736. The molecule has 11 atom stereocenters. The molecule has 0 aromatic heterocycles. The summed E-state index contributed by atoms with van der Waals surface area (Å²) in [5, 5.41) is 53.3. The summed E-state index contributed by atoms with van der Waals surface area (Å²) in [5.74, 6) is -10.9. The lowest BCUT2D eigenvalue weighted by atomic mass is 9.97. The zero-order valence-corrected chi connectivity index (χ0v) is 47.6. The molecular weight excluding hydrogens is 1080 g/mol. The SMILES string of the molecule is CC[C@H](C)[C@H](NC(C)=O)C(=O)N[C@@H](CCSC)C(=O)N[C@@H](CO)C(=O)N[C@@H](Cc1ccccc1)C(=O)N[C@@H](CCCCN)C(=O)N[C@H](C(=O)N[C@@H](CCCN=C(N)N)C(=O)N[C@@H](CC(=O)O)C(=O)N[C@@H](CCCCN)C(N)=O)[C@@H](C)O. The van der Waals surface area contributed by atoms with E-state index in [1.54, 1.807) is 43.5 Å². The lowest BCUT2D eigenvalue weighted by Gasteiger charge is -2.29. The van der Waals surface area contributed by atoms with Gasteiger partial charge in [0.15, 0.2) is 5.96 Å². The molecule has 30 heteroatoms. The molecule has 0 saturated heterocycles.